The molecule has 1 aliphatic heterocycles. The molecule has 0 saturated carbocycles. The molecule has 35 heavy (non-hydrogen) atoms. The first-order valence-electron chi connectivity index (χ1n) is 11.0. The van der Waals surface area contributed by atoms with E-state index < -0.39 is 35.3 Å². The fourth-order valence-corrected chi connectivity index (χ4v) is 4.38. The summed E-state index contributed by atoms with van der Waals surface area (Å²) < 4.78 is 13.5. The van der Waals surface area contributed by atoms with E-state index in [0.717, 1.165) is 16.7 Å². The number of anilines is 1. The lowest BCUT2D eigenvalue weighted by Gasteiger charge is -2.27. The number of aryl methyl sites for hydroxylation is 3. The molecule has 3 aromatic rings. The van der Waals surface area contributed by atoms with Crippen LogP contribution in [0.3, 0.4) is 0 Å². The third kappa shape index (κ3) is 4.45. The number of halogens is 1. The summed E-state index contributed by atoms with van der Waals surface area (Å²) in [7, 11) is 0. The van der Waals surface area contributed by atoms with Crippen molar-refractivity contribution in [3.05, 3.63) is 105 Å². The molecule has 0 spiro atoms. The van der Waals surface area contributed by atoms with Crippen molar-refractivity contribution in [2.24, 2.45) is 0 Å². The summed E-state index contributed by atoms with van der Waals surface area (Å²) in [5.41, 5.74) is 4.55. The van der Waals surface area contributed by atoms with Crippen molar-refractivity contribution >= 4 is 29.1 Å². The van der Waals surface area contributed by atoms with Crippen LogP contribution in [0.25, 0.3) is 5.76 Å². The molecule has 0 radical (unpaired) electrons. The van der Waals surface area contributed by atoms with Gasteiger partial charge in [0, 0.05) is 11.3 Å². The number of amides is 1. The third-order valence-electron chi connectivity index (χ3n) is 6.31. The van der Waals surface area contributed by atoms with Crippen LogP contribution < -0.4 is 4.90 Å². The second-order valence-corrected chi connectivity index (χ2v) is 8.71. The van der Waals surface area contributed by atoms with Gasteiger partial charge in [-0.25, -0.2) is 4.39 Å². The maximum absolute atomic E-state index is 13.5. The van der Waals surface area contributed by atoms with Gasteiger partial charge in [0.15, 0.2) is 0 Å². The number of Topliss-reactive ketones (excluding diaryl/α,β-unsaturated/α-hetero) is 1. The van der Waals surface area contributed by atoms with Gasteiger partial charge in [0.05, 0.1) is 18.0 Å². The standard InChI is InChI=1S/C28H24FNO5/c1-15-12-17(3)22(13-16(15)2)25-24(26(33)19-6-8-20(29)9-7-19)27(34)28(35)30(25)21-10-4-18(5-11-21)14-23(31)32/h4-13,25,33H,14H2,1-3H3,(H,31,32)/b26-24+. The normalized spacial score (nSPS) is 17.1. The average molecular weight is 474 g/mol. The molecule has 0 aromatic heterocycles. The van der Waals surface area contributed by atoms with Crippen molar-refractivity contribution in [1.29, 1.82) is 0 Å². The van der Waals surface area contributed by atoms with Gasteiger partial charge >= 0.3 is 5.97 Å². The molecule has 4 rings (SSSR count). The first kappa shape index (κ1) is 23.9. The lowest BCUT2D eigenvalue weighted by atomic mass is 9.90. The van der Waals surface area contributed by atoms with Gasteiger partial charge < -0.3 is 10.2 Å². The first-order valence-corrected chi connectivity index (χ1v) is 11.0. The zero-order valence-electron chi connectivity index (χ0n) is 19.5. The second kappa shape index (κ2) is 9.18. The number of carboxylic acids is 1. The van der Waals surface area contributed by atoms with Crippen molar-refractivity contribution in [1.82, 2.24) is 0 Å². The SMILES string of the molecule is Cc1cc(C)c(C2/C(=C(\O)c3ccc(F)cc3)C(=O)C(=O)N2c2ccc(CC(=O)O)cc2)cc1C. The van der Waals surface area contributed by atoms with E-state index in [1.165, 1.54) is 29.2 Å². The Hall–Kier alpha value is -4.26. The Bertz CT molecular complexity index is 1370. The van der Waals surface area contributed by atoms with Gasteiger partial charge in [0.25, 0.3) is 11.7 Å². The van der Waals surface area contributed by atoms with Crippen molar-refractivity contribution in [3.63, 3.8) is 0 Å². The zero-order chi connectivity index (χ0) is 25.4. The van der Waals surface area contributed by atoms with Crippen molar-refractivity contribution in [3.8, 4) is 0 Å². The van der Waals surface area contributed by atoms with Crippen LogP contribution in [0.1, 0.15) is 39.4 Å². The average Bonchev–Trinajstić information content (AvgIpc) is 3.07. The second-order valence-electron chi connectivity index (χ2n) is 8.71. The van der Waals surface area contributed by atoms with Gasteiger partial charge in [-0.1, -0.05) is 24.3 Å². The molecule has 0 aliphatic carbocycles. The molecule has 1 amide bonds. The molecule has 178 valence electrons. The highest BCUT2D eigenvalue weighted by atomic mass is 19.1. The molecule has 1 heterocycles. The maximum atomic E-state index is 13.5. The van der Waals surface area contributed by atoms with E-state index in [-0.39, 0.29) is 17.6 Å². The van der Waals surface area contributed by atoms with Gasteiger partial charge in [0.1, 0.15) is 11.6 Å². The molecule has 7 heteroatoms. The number of carbonyl (C=O) groups excluding carboxylic acids is 2. The van der Waals surface area contributed by atoms with Crippen molar-refractivity contribution < 1.29 is 29.0 Å². The molecular weight excluding hydrogens is 449 g/mol. The lowest BCUT2D eigenvalue weighted by molar-refractivity contribution is -0.136. The summed E-state index contributed by atoms with van der Waals surface area (Å²) in [6.45, 7) is 5.75. The van der Waals surface area contributed by atoms with Gasteiger partial charge in [-0.05, 0) is 85.0 Å². The number of hydrogen-bond acceptors (Lipinski definition) is 4. The van der Waals surface area contributed by atoms with Gasteiger partial charge in [0.2, 0.25) is 0 Å². The van der Waals surface area contributed by atoms with Gasteiger partial charge in [-0.15, -0.1) is 0 Å². The number of aliphatic hydroxyl groups is 1. The highest BCUT2D eigenvalue weighted by Gasteiger charge is 2.47. The van der Waals surface area contributed by atoms with E-state index in [1.807, 2.05) is 32.9 Å². The van der Waals surface area contributed by atoms with E-state index in [1.54, 1.807) is 24.3 Å². The highest BCUT2D eigenvalue weighted by molar-refractivity contribution is 6.51. The Morgan fingerprint density at radius 2 is 1.49 bits per heavy atom. The number of carbonyl (C=O) groups is 3. The summed E-state index contributed by atoms with van der Waals surface area (Å²) in [5.74, 6) is -3.55. The van der Waals surface area contributed by atoms with Crippen LogP contribution in [0.2, 0.25) is 0 Å². The van der Waals surface area contributed by atoms with Crippen LogP contribution >= 0.6 is 0 Å². The van der Waals surface area contributed by atoms with E-state index in [2.05, 4.69) is 0 Å². The number of aliphatic hydroxyl groups excluding tert-OH is 1. The van der Waals surface area contributed by atoms with E-state index in [0.29, 0.717) is 16.8 Å². The number of hydrogen-bond donors (Lipinski definition) is 2. The number of rotatable bonds is 5. The van der Waals surface area contributed by atoms with Gasteiger partial charge in [-0.2, -0.15) is 0 Å². The molecule has 6 nitrogen and oxygen atoms in total. The quantitative estimate of drug-likeness (QED) is 0.309. The fraction of sp³-hybridized carbons (Fsp3) is 0.179. The minimum absolute atomic E-state index is 0.0948. The Kier molecular flexibility index (Phi) is 6.26. The lowest BCUT2D eigenvalue weighted by Crippen LogP contribution is -2.29. The summed E-state index contributed by atoms with van der Waals surface area (Å²) in [6.07, 6.45) is -0.177. The molecule has 1 unspecified atom stereocenters. The number of ketones is 1. The molecule has 1 saturated heterocycles. The summed E-state index contributed by atoms with van der Waals surface area (Å²) in [6, 6.07) is 14.3. The van der Waals surface area contributed by atoms with Crippen LogP contribution in [0.5, 0.6) is 0 Å². The van der Waals surface area contributed by atoms with E-state index >= 15 is 0 Å². The topological polar surface area (TPSA) is 94.9 Å². The Morgan fingerprint density at radius 3 is 2.09 bits per heavy atom. The van der Waals surface area contributed by atoms with Gasteiger partial charge in [-0.3, -0.25) is 19.3 Å². The van der Waals surface area contributed by atoms with Crippen LogP contribution in [-0.2, 0) is 20.8 Å². The molecular formula is C28H24FNO5. The number of benzene rings is 3. The zero-order valence-corrected chi connectivity index (χ0v) is 19.5. The monoisotopic (exact) mass is 473 g/mol. The van der Waals surface area contributed by atoms with Crippen molar-refractivity contribution in [2.45, 2.75) is 33.2 Å². The summed E-state index contributed by atoms with van der Waals surface area (Å²) >= 11 is 0. The number of carboxylic acid groups (broad SMARTS) is 1. The predicted molar refractivity (Wildman–Crippen MR) is 130 cm³/mol. The van der Waals surface area contributed by atoms with Crippen molar-refractivity contribution in [2.75, 3.05) is 4.90 Å². The fourth-order valence-electron chi connectivity index (χ4n) is 4.38. The molecule has 0 bridgehead atoms. The number of aliphatic carboxylic acids is 1. The number of nitrogens with zero attached hydrogens (tertiary/aromatic N) is 1. The van der Waals surface area contributed by atoms with Crippen LogP contribution in [-0.4, -0.2) is 27.9 Å². The Morgan fingerprint density at radius 1 is 0.886 bits per heavy atom. The Balaban J connectivity index is 1.93. The molecule has 2 N–H and O–H groups in total. The minimum atomic E-state index is -0.983. The minimum Gasteiger partial charge on any atom is -0.507 e. The third-order valence-corrected chi connectivity index (χ3v) is 6.31. The van der Waals surface area contributed by atoms with Crippen LogP contribution in [0, 0.1) is 26.6 Å². The summed E-state index contributed by atoms with van der Waals surface area (Å²) in [4.78, 5) is 38.9. The van der Waals surface area contributed by atoms with E-state index in [9.17, 15) is 23.9 Å². The highest BCUT2D eigenvalue weighted by Crippen LogP contribution is 2.43. The molecule has 1 atom stereocenters. The van der Waals surface area contributed by atoms with Crippen LogP contribution in [0.15, 0.2) is 66.2 Å². The smallest absolute Gasteiger partial charge is 0.307 e. The summed E-state index contributed by atoms with van der Waals surface area (Å²) in [5, 5.41) is 20.2. The van der Waals surface area contributed by atoms with E-state index in [4.69, 9.17) is 5.11 Å². The molecule has 1 fully saturated rings. The maximum Gasteiger partial charge on any atom is 0.307 e. The largest absolute Gasteiger partial charge is 0.507 e. The Labute approximate surface area is 201 Å². The van der Waals surface area contributed by atoms with Crippen LogP contribution in [0.4, 0.5) is 10.1 Å². The first-order chi connectivity index (χ1) is 16.6. The molecule has 1 aliphatic rings. The predicted octanol–water partition coefficient (Wildman–Crippen LogP) is 5.00. The molecule has 3 aromatic carbocycles.